The number of fused-ring (bicyclic) bond motifs is 1. The maximum atomic E-state index is 13.8. The maximum Gasteiger partial charge on any atom is 0.410 e. The summed E-state index contributed by atoms with van der Waals surface area (Å²) in [6.45, 7) is 4.72. The summed E-state index contributed by atoms with van der Waals surface area (Å²) in [6, 6.07) is -0.671. The maximum absolute atomic E-state index is 13.8. The second kappa shape index (κ2) is 8.02. The average molecular weight is 441 g/mol. The number of nitrogens with one attached hydrogen (secondary N) is 1. The van der Waals surface area contributed by atoms with Crippen molar-refractivity contribution in [3.63, 3.8) is 0 Å². The number of amides is 2. The molecule has 4 atom stereocenters. The number of hydrogen-bond donors (Lipinski definition) is 1. The molecule has 7 nitrogen and oxygen atoms in total. The minimum atomic E-state index is -4.40. The van der Waals surface area contributed by atoms with Crippen molar-refractivity contribution < 1.29 is 22.8 Å². The number of rotatable bonds is 3. The molecule has 0 spiro atoms. The highest BCUT2D eigenvalue weighted by atomic mass is 19.4. The standard InChI is InChI=1S/C21H30F3N5O2/c1-12(2)14-9-17(21(22,23)24)29-18(25-14)10-15(26-29)16-6-4-5-7-28(16)20(31)13-8-19(30)27(3)11-13/h10,12-14,16-17,25H,4-9,11H2,1-3H3/t13-,14-,16-,17+/m0/s1. The molecule has 10 heteroatoms. The molecular formula is C21H30F3N5O2. The third-order valence-corrected chi connectivity index (χ3v) is 6.86. The number of carbonyl (C=O) groups excluding carboxylic acids is 2. The highest BCUT2D eigenvalue weighted by Gasteiger charge is 2.47. The van der Waals surface area contributed by atoms with Crippen LogP contribution in [0.1, 0.15) is 63.7 Å². The average Bonchev–Trinajstić information content (AvgIpc) is 3.29. The molecule has 0 aliphatic carbocycles. The van der Waals surface area contributed by atoms with Crippen LogP contribution in [0.25, 0.3) is 0 Å². The summed E-state index contributed by atoms with van der Waals surface area (Å²) in [4.78, 5) is 28.4. The first-order valence-corrected chi connectivity index (χ1v) is 11.0. The van der Waals surface area contributed by atoms with Gasteiger partial charge >= 0.3 is 6.18 Å². The summed E-state index contributed by atoms with van der Waals surface area (Å²) in [5.41, 5.74) is 0.492. The lowest BCUT2D eigenvalue weighted by Gasteiger charge is -2.36. The van der Waals surface area contributed by atoms with E-state index in [2.05, 4.69) is 10.4 Å². The van der Waals surface area contributed by atoms with E-state index < -0.39 is 18.1 Å². The third kappa shape index (κ3) is 4.13. The highest BCUT2D eigenvalue weighted by Crippen LogP contribution is 2.42. The molecule has 2 fully saturated rings. The van der Waals surface area contributed by atoms with Crippen LogP contribution in [0.15, 0.2) is 6.07 Å². The van der Waals surface area contributed by atoms with Crippen molar-refractivity contribution in [3.8, 4) is 0 Å². The number of halogens is 3. The Morgan fingerprint density at radius 3 is 2.65 bits per heavy atom. The van der Waals surface area contributed by atoms with Gasteiger partial charge in [-0.1, -0.05) is 13.8 Å². The molecular weight excluding hydrogens is 411 g/mol. The minimum Gasteiger partial charge on any atom is -0.367 e. The lowest BCUT2D eigenvalue weighted by molar-refractivity contribution is -0.174. The molecule has 1 aromatic heterocycles. The predicted molar refractivity (Wildman–Crippen MR) is 108 cm³/mol. The van der Waals surface area contributed by atoms with Crippen molar-refractivity contribution >= 4 is 17.6 Å². The van der Waals surface area contributed by atoms with Crippen molar-refractivity contribution in [1.29, 1.82) is 0 Å². The number of hydrogen-bond acceptors (Lipinski definition) is 4. The van der Waals surface area contributed by atoms with Crippen LogP contribution in [0, 0.1) is 11.8 Å². The fourth-order valence-corrected chi connectivity index (χ4v) is 4.99. The zero-order chi connectivity index (χ0) is 22.5. The van der Waals surface area contributed by atoms with Gasteiger partial charge in [-0.05, 0) is 31.6 Å². The van der Waals surface area contributed by atoms with Gasteiger partial charge in [-0.2, -0.15) is 18.3 Å². The van der Waals surface area contributed by atoms with Gasteiger partial charge in [0.15, 0.2) is 6.04 Å². The summed E-state index contributed by atoms with van der Waals surface area (Å²) in [7, 11) is 1.68. The first-order valence-electron chi connectivity index (χ1n) is 11.0. The molecule has 0 saturated carbocycles. The Morgan fingerprint density at radius 2 is 2.03 bits per heavy atom. The molecule has 3 aliphatic heterocycles. The topological polar surface area (TPSA) is 70.5 Å². The molecule has 31 heavy (non-hydrogen) atoms. The van der Waals surface area contributed by atoms with Crippen LogP contribution >= 0.6 is 0 Å². The molecule has 172 valence electrons. The quantitative estimate of drug-likeness (QED) is 0.781. The number of alkyl halides is 3. The van der Waals surface area contributed by atoms with Gasteiger partial charge in [-0.3, -0.25) is 9.59 Å². The number of anilines is 1. The lowest BCUT2D eigenvalue weighted by Crippen LogP contribution is -2.43. The van der Waals surface area contributed by atoms with E-state index in [1.807, 2.05) is 13.8 Å². The molecule has 1 N–H and O–H groups in total. The largest absolute Gasteiger partial charge is 0.410 e. The Bertz CT molecular complexity index is 853. The second-order valence-corrected chi connectivity index (χ2v) is 9.41. The van der Waals surface area contributed by atoms with Gasteiger partial charge in [0.1, 0.15) is 5.82 Å². The van der Waals surface area contributed by atoms with E-state index >= 15 is 0 Å². The summed E-state index contributed by atoms with van der Waals surface area (Å²) in [6.07, 6.45) is -1.91. The Labute approximate surface area is 179 Å². The molecule has 0 radical (unpaired) electrons. The number of carbonyl (C=O) groups is 2. The molecule has 1 aromatic rings. The fourth-order valence-electron chi connectivity index (χ4n) is 4.99. The molecule has 0 bridgehead atoms. The normalized spacial score (nSPS) is 29.3. The number of nitrogens with zero attached hydrogens (tertiary/aromatic N) is 4. The second-order valence-electron chi connectivity index (χ2n) is 9.41. The minimum absolute atomic E-state index is 0.0431. The first-order chi connectivity index (χ1) is 14.6. The molecule has 4 rings (SSSR count). The van der Waals surface area contributed by atoms with E-state index in [9.17, 15) is 22.8 Å². The summed E-state index contributed by atoms with van der Waals surface area (Å²) in [5, 5.41) is 7.58. The molecule has 2 saturated heterocycles. The third-order valence-electron chi connectivity index (χ3n) is 6.86. The highest BCUT2D eigenvalue weighted by molar-refractivity contribution is 5.89. The van der Waals surface area contributed by atoms with Crippen molar-refractivity contribution in [2.24, 2.45) is 11.8 Å². The van der Waals surface area contributed by atoms with E-state index in [0.29, 0.717) is 31.0 Å². The lowest BCUT2D eigenvalue weighted by atomic mass is 9.94. The number of aromatic nitrogens is 2. The van der Waals surface area contributed by atoms with Crippen molar-refractivity contribution in [2.45, 2.75) is 70.3 Å². The molecule has 2 amide bonds. The van der Waals surface area contributed by atoms with Crippen LogP contribution in [-0.4, -0.2) is 63.7 Å². The molecule has 0 unspecified atom stereocenters. The summed E-state index contributed by atoms with van der Waals surface area (Å²) in [5.74, 6) is -0.158. The monoisotopic (exact) mass is 441 g/mol. The van der Waals surface area contributed by atoms with E-state index in [4.69, 9.17) is 0 Å². The van der Waals surface area contributed by atoms with Crippen molar-refractivity contribution in [3.05, 3.63) is 11.8 Å². The van der Waals surface area contributed by atoms with Crippen molar-refractivity contribution in [1.82, 2.24) is 19.6 Å². The van der Waals surface area contributed by atoms with Crippen LogP contribution in [0.3, 0.4) is 0 Å². The predicted octanol–water partition coefficient (Wildman–Crippen LogP) is 3.36. The fraction of sp³-hybridized carbons (Fsp3) is 0.762. The zero-order valence-corrected chi connectivity index (χ0v) is 18.2. The smallest absolute Gasteiger partial charge is 0.367 e. The zero-order valence-electron chi connectivity index (χ0n) is 18.2. The Hall–Kier alpha value is -2.26. The van der Waals surface area contributed by atoms with E-state index in [0.717, 1.165) is 17.5 Å². The van der Waals surface area contributed by atoms with Crippen LogP contribution in [-0.2, 0) is 9.59 Å². The van der Waals surface area contributed by atoms with E-state index in [1.54, 1.807) is 22.9 Å². The number of piperidine rings is 1. The summed E-state index contributed by atoms with van der Waals surface area (Å²) < 4.78 is 42.5. The van der Waals surface area contributed by atoms with E-state index in [-0.39, 0.29) is 42.7 Å². The van der Waals surface area contributed by atoms with E-state index in [1.165, 1.54) is 0 Å². The Kier molecular flexibility index (Phi) is 5.68. The molecule has 0 aromatic carbocycles. The van der Waals surface area contributed by atoms with Gasteiger partial charge in [0.2, 0.25) is 11.8 Å². The molecule has 3 aliphatic rings. The Balaban J connectivity index is 1.63. The van der Waals surface area contributed by atoms with Gasteiger partial charge in [0, 0.05) is 38.7 Å². The summed E-state index contributed by atoms with van der Waals surface area (Å²) >= 11 is 0. The van der Waals surface area contributed by atoms with Crippen molar-refractivity contribution in [2.75, 3.05) is 25.5 Å². The van der Waals surface area contributed by atoms with Gasteiger partial charge in [-0.25, -0.2) is 4.68 Å². The van der Waals surface area contributed by atoms with Crippen LogP contribution < -0.4 is 5.32 Å². The van der Waals surface area contributed by atoms with Gasteiger partial charge in [0.25, 0.3) is 0 Å². The van der Waals surface area contributed by atoms with Crippen LogP contribution in [0.4, 0.5) is 19.0 Å². The number of likely N-dealkylation sites (tertiary alicyclic amines) is 2. The van der Waals surface area contributed by atoms with Gasteiger partial charge in [0.05, 0.1) is 17.7 Å². The molecule has 4 heterocycles. The SMILES string of the molecule is CC(C)[C@@H]1C[C@H](C(F)(F)F)n2nc([C@@H]3CCCCN3C(=O)[C@H]3CC(=O)N(C)C3)cc2N1. The van der Waals surface area contributed by atoms with Crippen LogP contribution in [0.2, 0.25) is 0 Å². The Morgan fingerprint density at radius 1 is 1.29 bits per heavy atom. The van der Waals surface area contributed by atoms with Crippen LogP contribution in [0.5, 0.6) is 0 Å². The van der Waals surface area contributed by atoms with Gasteiger partial charge < -0.3 is 15.1 Å². The van der Waals surface area contributed by atoms with Gasteiger partial charge in [-0.15, -0.1) is 0 Å². The first kappa shape index (κ1) is 22.0.